The van der Waals surface area contributed by atoms with E-state index in [-0.39, 0.29) is 23.3 Å². The fraction of sp³-hybridized carbons (Fsp3) is 0.211. The molecule has 0 bridgehead atoms. The van der Waals surface area contributed by atoms with Crippen molar-refractivity contribution in [3.05, 3.63) is 77.5 Å². The van der Waals surface area contributed by atoms with Crippen LogP contribution in [0.15, 0.2) is 60.8 Å². The van der Waals surface area contributed by atoms with Gasteiger partial charge >= 0.3 is 6.18 Å². The second-order valence-corrected chi connectivity index (χ2v) is 5.67. The standard InChI is InChI=1S/C19H18F3NO/c1-23(2)13-17(18(24)11-14-7-4-3-5-8-14)15-9-6-10-16(12-15)19(20,21)22/h3-10,12-13H,11H2,1-2H3. The van der Waals surface area contributed by atoms with Crippen molar-refractivity contribution >= 4 is 11.4 Å². The van der Waals surface area contributed by atoms with Gasteiger partial charge in [-0.1, -0.05) is 42.5 Å². The van der Waals surface area contributed by atoms with Crippen LogP contribution in [0.5, 0.6) is 0 Å². The number of Topliss-reactive ketones (excluding diaryl/α,β-unsaturated/α-hetero) is 1. The number of alkyl halides is 3. The summed E-state index contributed by atoms with van der Waals surface area (Å²) in [5, 5.41) is 0. The molecule has 0 aliphatic heterocycles. The number of allylic oxidation sites excluding steroid dienone is 1. The van der Waals surface area contributed by atoms with Crippen LogP contribution < -0.4 is 0 Å². The Morgan fingerprint density at radius 1 is 1.04 bits per heavy atom. The van der Waals surface area contributed by atoms with Crippen LogP contribution in [0.4, 0.5) is 13.2 Å². The number of benzene rings is 2. The highest BCUT2D eigenvalue weighted by molar-refractivity contribution is 6.21. The molecule has 24 heavy (non-hydrogen) atoms. The summed E-state index contributed by atoms with van der Waals surface area (Å²) in [5.74, 6) is -0.228. The first-order chi connectivity index (χ1) is 11.3. The maximum absolute atomic E-state index is 12.9. The zero-order valence-corrected chi connectivity index (χ0v) is 13.5. The van der Waals surface area contributed by atoms with Crippen molar-refractivity contribution in [2.45, 2.75) is 12.6 Å². The zero-order valence-electron chi connectivity index (χ0n) is 13.5. The first-order valence-electron chi connectivity index (χ1n) is 7.40. The number of carbonyl (C=O) groups is 1. The zero-order chi connectivity index (χ0) is 17.7. The Labute approximate surface area is 139 Å². The van der Waals surface area contributed by atoms with Gasteiger partial charge in [0.15, 0.2) is 5.78 Å². The molecule has 2 aromatic rings. The van der Waals surface area contributed by atoms with Crippen LogP contribution in [0.2, 0.25) is 0 Å². The van der Waals surface area contributed by atoms with Crippen LogP contribution in [0.1, 0.15) is 16.7 Å². The second kappa shape index (κ2) is 7.34. The maximum Gasteiger partial charge on any atom is 0.416 e. The van der Waals surface area contributed by atoms with Gasteiger partial charge in [-0.2, -0.15) is 13.2 Å². The number of halogens is 3. The summed E-state index contributed by atoms with van der Waals surface area (Å²) in [6.07, 6.45) is -2.75. The molecule has 0 N–H and O–H groups in total. The summed E-state index contributed by atoms with van der Waals surface area (Å²) in [6, 6.07) is 14.0. The van der Waals surface area contributed by atoms with E-state index in [1.165, 1.54) is 12.1 Å². The number of rotatable bonds is 5. The number of ketones is 1. The van der Waals surface area contributed by atoms with Crippen LogP contribution >= 0.6 is 0 Å². The SMILES string of the molecule is CN(C)C=C(C(=O)Cc1ccccc1)c1cccc(C(F)(F)F)c1. The molecule has 0 aromatic heterocycles. The van der Waals surface area contributed by atoms with E-state index < -0.39 is 11.7 Å². The minimum atomic E-state index is -4.44. The minimum Gasteiger partial charge on any atom is -0.383 e. The third-order valence-corrected chi connectivity index (χ3v) is 3.40. The van der Waals surface area contributed by atoms with Gasteiger partial charge in [0.25, 0.3) is 0 Å². The van der Waals surface area contributed by atoms with Gasteiger partial charge in [-0.25, -0.2) is 0 Å². The molecule has 0 unspecified atom stereocenters. The van der Waals surface area contributed by atoms with Crippen LogP contribution in [0.3, 0.4) is 0 Å². The lowest BCUT2D eigenvalue weighted by Crippen LogP contribution is -2.12. The van der Waals surface area contributed by atoms with Crippen LogP contribution in [0, 0.1) is 0 Å². The van der Waals surface area contributed by atoms with Gasteiger partial charge in [0.1, 0.15) is 0 Å². The molecule has 2 aromatic carbocycles. The smallest absolute Gasteiger partial charge is 0.383 e. The third kappa shape index (κ3) is 4.72. The summed E-state index contributed by atoms with van der Waals surface area (Å²) < 4.78 is 38.8. The molecule has 0 aliphatic carbocycles. The van der Waals surface area contributed by atoms with E-state index in [9.17, 15) is 18.0 Å². The van der Waals surface area contributed by atoms with Crippen LogP contribution in [-0.2, 0) is 17.4 Å². The molecule has 126 valence electrons. The molecule has 0 radical (unpaired) electrons. The van der Waals surface area contributed by atoms with Gasteiger partial charge in [0.05, 0.1) is 5.56 Å². The second-order valence-electron chi connectivity index (χ2n) is 5.67. The van der Waals surface area contributed by atoms with Crippen molar-refractivity contribution in [3.8, 4) is 0 Å². The molecule has 2 rings (SSSR count). The molecular weight excluding hydrogens is 315 g/mol. The number of nitrogens with zero attached hydrogens (tertiary/aromatic N) is 1. The van der Waals surface area contributed by atoms with E-state index >= 15 is 0 Å². The van der Waals surface area contributed by atoms with Gasteiger partial charge in [-0.05, 0) is 23.3 Å². The molecule has 0 heterocycles. The Kier molecular flexibility index (Phi) is 5.44. The van der Waals surface area contributed by atoms with Gasteiger partial charge < -0.3 is 4.90 Å². The number of hydrogen-bond donors (Lipinski definition) is 0. The lowest BCUT2D eigenvalue weighted by atomic mass is 9.96. The van der Waals surface area contributed by atoms with Gasteiger partial charge in [-0.3, -0.25) is 4.79 Å². The van der Waals surface area contributed by atoms with Crippen molar-refractivity contribution in [1.82, 2.24) is 4.90 Å². The van der Waals surface area contributed by atoms with Gasteiger partial charge in [-0.15, -0.1) is 0 Å². The third-order valence-electron chi connectivity index (χ3n) is 3.40. The molecule has 0 amide bonds. The average Bonchev–Trinajstić information content (AvgIpc) is 2.52. The summed E-state index contributed by atoms with van der Waals surface area (Å²) >= 11 is 0. The van der Waals surface area contributed by atoms with E-state index in [1.54, 1.807) is 25.2 Å². The topological polar surface area (TPSA) is 20.3 Å². The summed E-state index contributed by atoms with van der Waals surface area (Å²) in [4.78, 5) is 14.3. The van der Waals surface area contributed by atoms with Crippen molar-refractivity contribution < 1.29 is 18.0 Å². The Balaban J connectivity index is 2.38. The van der Waals surface area contributed by atoms with E-state index in [0.717, 1.165) is 17.7 Å². The molecule has 0 saturated carbocycles. The summed E-state index contributed by atoms with van der Waals surface area (Å²) in [6.45, 7) is 0. The predicted molar refractivity (Wildman–Crippen MR) is 88.3 cm³/mol. The van der Waals surface area contributed by atoms with E-state index in [0.29, 0.717) is 0 Å². The van der Waals surface area contributed by atoms with Gasteiger partial charge in [0.2, 0.25) is 0 Å². The van der Waals surface area contributed by atoms with Crippen molar-refractivity contribution in [2.75, 3.05) is 14.1 Å². The Hall–Kier alpha value is -2.56. The highest BCUT2D eigenvalue weighted by Crippen LogP contribution is 2.31. The Morgan fingerprint density at radius 3 is 2.29 bits per heavy atom. The van der Waals surface area contributed by atoms with Crippen LogP contribution in [-0.4, -0.2) is 24.8 Å². The fourth-order valence-electron chi connectivity index (χ4n) is 2.31. The van der Waals surface area contributed by atoms with Crippen molar-refractivity contribution in [1.29, 1.82) is 0 Å². The molecule has 0 atom stereocenters. The first kappa shape index (κ1) is 17.8. The lowest BCUT2D eigenvalue weighted by Gasteiger charge is -2.14. The largest absolute Gasteiger partial charge is 0.416 e. The molecule has 2 nitrogen and oxygen atoms in total. The molecule has 0 spiro atoms. The minimum absolute atomic E-state index is 0.136. The van der Waals surface area contributed by atoms with Crippen molar-refractivity contribution in [3.63, 3.8) is 0 Å². The predicted octanol–water partition coefficient (Wildman–Crippen LogP) is 4.42. The highest BCUT2D eigenvalue weighted by Gasteiger charge is 2.31. The quantitative estimate of drug-likeness (QED) is 0.755. The molecule has 0 aliphatic rings. The Morgan fingerprint density at radius 2 is 1.71 bits per heavy atom. The fourth-order valence-corrected chi connectivity index (χ4v) is 2.31. The summed E-state index contributed by atoms with van der Waals surface area (Å²) in [5.41, 5.74) is 0.575. The number of hydrogen-bond acceptors (Lipinski definition) is 2. The maximum atomic E-state index is 12.9. The molecule has 0 saturated heterocycles. The highest BCUT2D eigenvalue weighted by atomic mass is 19.4. The van der Waals surface area contributed by atoms with E-state index in [2.05, 4.69) is 0 Å². The first-order valence-corrected chi connectivity index (χ1v) is 7.40. The summed E-state index contributed by atoms with van der Waals surface area (Å²) in [7, 11) is 3.45. The monoisotopic (exact) mass is 333 g/mol. The molecular formula is C19H18F3NO. The molecule has 5 heteroatoms. The normalized spacial score (nSPS) is 12.1. The van der Waals surface area contributed by atoms with Crippen molar-refractivity contribution in [2.24, 2.45) is 0 Å². The van der Waals surface area contributed by atoms with Crippen LogP contribution in [0.25, 0.3) is 5.57 Å². The van der Waals surface area contributed by atoms with E-state index in [1.807, 2.05) is 30.3 Å². The lowest BCUT2D eigenvalue weighted by molar-refractivity contribution is -0.137. The van der Waals surface area contributed by atoms with E-state index in [4.69, 9.17) is 0 Å². The van der Waals surface area contributed by atoms with Gasteiger partial charge in [0, 0.05) is 32.3 Å². The molecule has 0 fully saturated rings. The number of carbonyl (C=O) groups excluding carboxylic acids is 1. The average molecular weight is 333 g/mol. The Bertz CT molecular complexity index is 734.